The highest BCUT2D eigenvalue weighted by Crippen LogP contribution is 2.22. The maximum absolute atomic E-state index is 12.3. The average molecular weight is 507 g/mol. The average Bonchev–Trinajstić information content (AvgIpc) is 2.84. The largest absolute Gasteiger partial charge is 0.462 e. The van der Waals surface area contributed by atoms with Crippen LogP contribution in [0.3, 0.4) is 0 Å². The van der Waals surface area contributed by atoms with Crippen molar-refractivity contribution in [3.8, 4) is 0 Å². The SMILES string of the molecule is CCCCCCCCCC(=O)OC(COC(=O)CCCCC)COC1OC(CO)C(O)C(O)C1O. The maximum Gasteiger partial charge on any atom is 0.306 e. The summed E-state index contributed by atoms with van der Waals surface area (Å²) in [6.45, 7) is 3.12. The highest BCUT2D eigenvalue weighted by Gasteiger charge is 2.44. The van der Waals surface area contributed by atoms with Gasteiger partial charge in [0.1, 0.15) is 31.0 Å². The molecule has 0 aromatic heterocycles. The van der Waals surface area contributed by atoms with Gasteiger partial charge in [-0.3, -0.25) is 9.59 Å². The van der Waals surface area contributed by atoms with Crippen LogP contribution in [0.4, 0.5) is 0 Å². The second kappa shape index (κ2) is 18.9. The standard InChI is InChI=1S/C25H46O10/c1-3-5-7-8-9-10-12-14-21(28)34-18(16-32-20(27)13-11-6-4-2)17-33-25-24(31)23(30)22(29)19(15-26)35-25/h18-19,22-26,29-31H,3-17H2,1-2H3. The normalized spacial score (nSPS) is 25.3. The number of carbonyl (C=O) groups is 2. The first-order valence-electron chi connectivity index (χ1n) is 13.1. The summed E-state index contributed by atoms with van der Waals surface area (Å²) in [5.74, 6) is -0.845. The maximum atomic E-state index is 12.3. The Balaban J connectivity index is 2.56. The summed E-state index contributed by atoms with van der Waals surface area (Å²) in [7, 11) is 0. The molecule has 0 aromatic carbocycles. The van der Waals surface area contributed by atoms with Crippen molar-refractivity contribution in [2.24, 2.45) is 0 Å². The van der Waals surface area contributed by atoms with Gasteiger partial charge in [-0.2, -0.15) is 0 Å². The Kier molecular flexibility index (Phi) is 17.1. The van der Waals surface area contributed by atoms with E-state index in [-0.39, 0.29) is 26.1 Å². The molecule has 6 atom stereocenters. The van der Waals surface area contributed by atoms with Crippen molar-refractivity contribution in [1.82, 2.24) is 0 Å². The molecule has 0 bridgehead atoms. The van der Waals surface area contributed by atoms with Crippen molar-refractivity contribution in [2.75, 3.05) is 19.8 Å². The molecule has 206 valence electrons. The molecule has 10 nitrogen and oxygen atoms in total. The fraction of sp³-hybridized carbons (Fsp3) is 0.920. The molecule has 1 aliphatic heterocycles. The molecular formula is C25H46O10. The van der Waals surface area contributed by atoms with Crippen LogP contribution in [0.2, 0.25) is 0 Å². The van der Waals surface area contributed by atoms with Crippen molar-refractivity contribution in [1.29, 1.82) is 0 Å². The van der Waals surface area contributed by atoms with Crippen LogP contribution in [0.15, 0.2) is 0 Å². The molecule has 6 unspecified atom stereocenters. The molecule has 0 saturated carbocycles. The predicted molar refractivity (Wildman–Crippen MR) is 127 cm³/mol. The molecule has 1 rings (SSSR count). The van der Waals surface area contributed by atoms with E-state index in [1.54, 1.807) is 0 Å². The Morgan fingerprint density at radius 3 is 2.00 bits per heavy atom. The van der Waals surface area contributed by atoms with Gasteiger partial charge in [0.15, 0.2) is 12.4 Å². The van der Waals surface area contributed by atoms with E-state index in [1.165, 1.54) is 19.3 Å². The third-order valence-electron chi connectivity index (χ3n) is 5.99. The Hall–Kier alpha value is -1.30. The molecular weight excluding hydrogens is 460 g/mol. The number of rotatable bonds is 19. The molecule has 0 aliphatic carbocycles. The van der Waals surface area contributed by atoms with E-state index in [2.05, 4.69) is 6.92 Å². The first kappa shape index (κ1) is 31.7. The van der Waals surface area contributed by atoms with Gasteiger partial charge in [-0.05, 0) is 12.8 Å². The highest BCUT2D eigenvalue weighted by atomic mass is 16.7. The molecule has 1 aliphatic rings. The van der Waals surface area contributed by atoms with Crippen molar-refractivity contribution in [3.63, 3.8) is 0 Å². The minimum atomic E-state index is -1.58. The summed E-state index contributed by atoms with van der Waals surface area (Å²) in [6, 6.07) is 0. The Labute approximate surface area is 208 Å². The molecule has 0 spiro atoms. The summed E-state index contributed by atoms with van der Waals surface area (Å²) < 4.78 is 21.5. The third-order valence-corrected chi connectivity index (χ3v) is 5.99. The Bertz CT molecular complexity index is 570. The van der Waals surface area contributed by atoms with E-state index in [0.717, 1.165) is 32.1 Å². The number of carbonyl (C=O) groups excluding carboxylic acids is 2. The fourth-order valence-corrected chi connectivity index (χ4v) is 3.77. The van der Waals surface area contributed by atoms with Gasteiger partial charge in [-0.15, -0.1) is 0 Å². The van der Waals surface area contributed by atoms with Crippen LogP contribution in [0, 0.1) is 0 Å². The van der Waals surface area contributed by atoms with Gasteiger partial charge in [0.2, 0.25) is 0 Å². The van der Waals surface area contributed by atoms with E-state index >= 15 is 0 Å². The molecule has 1 saturated heterocycles. The Morgan fingerprint density at radius 1 is 0.771 bits per heavy atom. The van der Waals surface area contributed by atoms with Gasteiger partial charge in [0.05, 0.1) is 13.2 Å². The third kappa shape index (κ3) is 13.0. The number of esters is 2. The summed E-state index contributed by atoms with van der Waals surface area (Å²) in [6.07, 6.45) is 2.43. The molecule has 0 aromatic rings. The minimum Gasteiger partial charge on any atom is -0.462 e. The lowest BCUT2D eigenvalue weighted by molar-refractivity contribution is -0.305. The van der Waals surface area contributed by atoms with Gasteiger partial charge in [0.25, 0.3) is 0 Å². The number of hydrogen-bond acceptors (Lipinski definition) is 10. The summed E-state index contributed by atoms with van der Waals surface area (Å²) in [4.78, 5) is 24.3. The van der Waals surface area contributed by atoms with Crippen LogP contribution in [0.25, 0.3) is 0 Å². The molecule has 0 amide bonds. The van der Waals surface area contributed by atoms with E-state index in [1.807, 2.05) is 6.92 Å². The van der Waals surface area contributed by atoms with Crippen LogP contribution >= 0.6 is 0 Å². The van der Waals surface area contributed by atoms with Crippen LogP contribution in [0.5, 0.6) is 0 Å². The highest BCUT2D eigenvalue weighted by molar-refractivity contribution is 5.70. The first-order valence-corrected chi connectivity index (χ1v) is 13.1. The lowest BCUT2D eigenvalue weighted by atomic mass is 9.99. The molecule has 35 heavy (non-hydrogen) atoms. The molecule has 10 heteroatoms. The van der Waals surface area contributed by atoms with Gasteiger partial charge >= 0.3 is 11.9 Å². The van der Waals surface area contributed by atoms with Crippen molar-refractivity contribution >= 4 is 11.9 Å². The summed E-state index contributed by atoms with van der Waals surface area (Å²) >= 11 is 0. The molecule has 1 heterocycles. The molecule has 0 radical (unpaired) electrons. The lowest BCUT2D eigenvalue weighted by Gasteiger charge is -2.39. The number of aliphatic hydroxyl groups is 4. The quantitative estimate of drug-likeness (QED) is 0.151. The van der Waals surface area contributed by atoms with Crippen LogP contribution in [0.1, 0.15) is 90.9 Å². The molecule has 4 N–H and O–H groups in total. The zero-order valence-corrected chi connectivity index (χ0v) is 21.3. The number of unbranched alkanes of at least 4 members (excludes halogenated alkanes) is 8. The van der Waals surface area contributed by atoms with Gasteiger partial charge < -0.3 is 39.4 Å². The van der Waals surface area contributed by atoms with Gasteiger partial charge in [-0.1, -0.05) is 65.2 Å². The monoisotopic (exact) mass is 506 g/mol. The minimum absolute atomic E-state index is 0.217. The number of hydrogen-bond donors (Lipinski definition) is 4. The van der Waals surface area contributed by atoms with Gasteiger partial charge in [0, 0.05) is 12.8 Å². The number of aliphatic hydroxyl groups excluding tert-OH is 4. The van der Waals surface area contributed by atoms with Crippen molar-refractivity contribution < 1.29 is 49.0 Å². The van der Waals surface area contributed by atoms with Crippen LogP contribution < -0.4 is 0 Å². The van der Waals surface area contributed by atoms with Crippen molar-refractivity contribution in [3.05, 3.63) is 0 Å². The fourth-order valence-electron chi connectivity index (χ4n) is 3.77. The smallest absolute Gasteiger partial charge is 0.306 e. The van der Waals surface area contributed by atoms with Gasteiger partial charge in [-0.25, -0.2) is 0 Å². The Morgan fingerprint density at radius 2 is 1.34 bits per heavy atom. The first-order chi connectivity index (χ1) is 16.8. The number of ether oxygens (including phenoxy) is 4. The summed E-state index contributed by atoms with van der Waals surface area (Å²) in [5, 5.41) is 39.3. The van der Waals surface area contributed by atoms with E-state index in [9.17, 15) is 30.0 Å². The van der Waals surface area contributed by atoms with Crippen LogP contribution in [-0.2, 0) is 28.5 Å². The lowest BCUT2D eigenvalue weighted by Crippen LogP contribution is -2.59. The molecule has 1 fully saturated rings. The van der Waals surface area contributed by atoms with Crippen molar-refractivity contribution in [2.45, 2.75) is 128 Å². The topological polar surface area (TPSA) is 152 Å². The van der Waals surface area contributed by atoms with E-state index in [4.69, 9.17) is 18.9 Å². The second-order valence-electron chi connectivity index (χ2n) is 9.15. The zero-order chi connectivity index (χ0) is 26.1. The predicted octanol–water partition coefficient (Wildman–Crippen LogP) is 1.98. The van der Waals surface area contributed by atoms with Crippen LogP contribution in [-0.4, -0.2) is 89.0 Å². The van der Waals surface area contributed by atoms with E-state index in [0.29, 0.717) is 12.8 Å². The van der Waals surface area contributed by atoms with E-state index < -0.39 is 55.4 Å². The zero-order valence-electron chi connectivity index (χ0n) is 21.3. The summed E-state index contributed by atoms with van der Waals surface area (Å²) in [5.41, 5.74) is 0. The second-order valence-corrected chi connectivity index (χ2v) is 9.15.